The Kier molecular flexibility index (Phi) is 5.95. The van der Waals surface area contributed by atoms with Gasteiger partial charge in [0.05, 0.1) is 20.3 Å². The number of urea groups is 1. The number of hydrogen-bond donors (Lipinski definition) is 3. The van der Waals surface area contributed by atoms with Crippen LogP contribution in [0.25, 0.3) is 0 Å². The Morgan fingerprint density at radius 3 is 2.48 bits per heavy atom. The van der Waals surface area contributed by atoms with Gasteiger partial charge in [0.25, 0.3) is 17.7 Å². The molecular weight excluding hydrogens is 354 g/mol. The fourth-order valence-corrected chi connectivity index (χ4v) is 3.90. The molecule has 0 aromatic heterocycles. The van der Waals surface area contributed by atoms with E-state index < -0.39 is 17.5 Å². The maximum Gasteiger partial charge on any atom is 0.344 e. The lowest BCUT2D eigenvalue weighted by atomic mass is 9.82. The van der Waals surface area contributed by atoms with Crippen molar-refractivity contribution in [2.75, 3.05) is 46.4 Å². The predicted octanol–water partition coefficient (Wildman–Crippen LogP) is -2.35. The molecule has 5 amide bonds. The fourth-order valence-electron chi connectivity index (χ4n) is 3.90. The molecular formula is C17H28N5O5+. The number of rotatable bonds is 5. The molecule has 2 aliphatic heterocycles. The summed E-state index contributed by atoms with van der Waals surface area (Å²) in [6, 6.07) is -0.586. The van der Waals surface area contributed by atoms with Gasteiger partial charge in [-0.25, -0.2) is 4.79 Å². The van der Waals surface area contributed by atoms with Gasteiger partial charge < -0.3 is 19.9 Å². The summed E-state index contributed by atoms with van der Waals surface area (Å²) in [5.41, 5.74) is 1.53. The molecule has 150 valence electrons. The molecule has 1 unspecified atom stereocenters. The van der Waals surface area contributed by atoms with E-state index in [2.05, 4.69) is 10.7 Å². The molecule has 1 atom stereocenters. The summed E-state index contributed by atoms with van der Waals surface area (Å²) < 4.78 is 5.22. The lowest BCUT2D eigenvalue weighted by molar-refractivity contribution is -0.863. The van der Waals surface area contributed by atoms with Crippen molar-refractivity contribution in [3.8, 4) is 0 Å². The smallest absolute Gasteiger partial charge is 0.344 e. The van der Waals surface area contributed by atoms with Crippen molar-refractivity contribution in [3.63, 3.8) is 0 Å². The first-order valence-electron chi connectivity index (χ1n) is 9.54. The van der Waals surface area contributed by atoms with E-state index in [-0.39, 0.29) is 24.9 Å². The number of hydrazine groups is 1. The fraction of sp³-hybridized carbons (Fsp3) is 0.765. The summed E-state index contributed by atoms with van der Waals surface area (Å²) in [5, 5.41) is 3.54. The lowest BCUT2D eigenvalue weighted by Gasteiger charge is -2.30. The third-order valence-electron chi connectivity index (χ3n) is 5.38. The number of carbonyl (C=O) groups excluding carboxylic acids is 4. The summed E-state index contributed by atoms with van der Waals surface area (Å²) in [5.74, 6) is -0.902. The van der Waals surface area contributed by atoms with Gasteiger partial charge in [-0.2, -0.15) is 5.01 Å². The average Bonchev–Trinajstić information content (AvgIpc) is 2.87. The highest BCUT2D eigenvalue weighted by Gasteiger charge is 2.52. The Morgan fingerprint density at radius 2 is 1.81 bits per heavy atom. The zero-order chi connectivity index (χ0) is 19.4. The largest absolute Gasteiger partial charge is 0.378 e. The van der Waals surface area contributed by atoms with Gasteiger partial charge in [-0.05, 0) is 12.8 Å². The third-order valence-corrected chi connectivity index (χ3v) is 5.38. The summed E-state index contributed by atoms with van der Waals surface area (Å²) >= 11 is 0. The SMILES string of the molecule is C[NH+](CC(=O)NN1C(=O)NC2(CCCCC2)C1=O)CC(=O)N1CCOCC1. The topological polar surface area (TPSA) is 112 Å². The molecule has 0 aromatic rings. The predicted molar refractivity (Wildman–Crippen MR) is 93.4 cm³/mol. The summed E-state index contributed by atoms with van der Waals surface area (Å²) in [4.78, 5) is 51.7. The highest BCUT2D eigenvalue weighted by Crippen LogP contribution is 2.32. The van der Waals surface area contributed by atoms with Crippen LogP contribution in [-0.4, -0.2) is 85.6 Å². The minimum absolute atomic E-state index is 0.0137. The van der Waals surface area contributed by atoms with Crippen molar-refractivity contribution in [1.29, 1.82) is 0 Å². The Labute approximate surface area is 158 Å². The number of likely N-dealkylation sites (N-methyl/N-ethyl adjacent to an activating group) is 1. The second-order valence-corrected chi connectivity index (χ2v) is 7.55. The van der Waals surface area contributed by atoms with Crippen LogP contribution < -0.4 is 15.6 Å². The van der Waals surface area contributed by atoms with Crippen LogP contribution in [0, 0.1) is 0 Å². The number of carbonyl (C=O) groups is 4. The molecule has 3 N–H and O–H groups in total. The first-order chi connectivity index (χ1) is 12.9. The van der Waals surface area contributed by atoms with Gasteiger partial charge in [0.2, 0.25) is 0 Å². The van der Waals surface area contributed by atoms with Crippen molar-refractivity contribution in [2.45, 2.75) is 37.6 Å². The van der Waals surface area contributed by atoms with E-state index in [1.807, 2.05) is 0 Å². The second kappa shape index (κ2) is 8.22. The molecule has 10 heteroatoms. The van der Waals surface area contributed by atoms with Crippen LogP contribution in [-0.2, 0) is 19.1 Å². The Balaban J connectivity index is 1.49. The van der Waals surface area contributed by atoms with Crippen LogP contribution >= 0.6 is 0 Å². The molecule has 1 spiro atoms. The van der Waals surface area contributed by atoms with Gasteiger partial charge in [0.1, 0.15) is 5.54 Å². The number of nitrogens with zero attached hydrogens (tertiary/aromatic N) is 2. The standard InChI is InChI=1S/C17H27N5O5/c1-20(12-14(24)21-7-9-27-10-8-21)11-13(23)19-22-15(25)17(18-16(22)26)5-3-2-4-6-17/h2-12H2,1H3,(H,18,26)(H,19,23)/p+1. The normalized spacial score (nSPS) is 23.3. The quantitative estimate of drug-likeness (QED) is 0.461. The molecule has 3 aliphatic rings. The Bertz CT molecular complexity index is 613. The van der Waals surface area contributed by atoms with Gasteiger partial charge in [0, 0.05) is 13.1 Å². The number of hydrogen-bond acceptors (Lipinski definition) is 5. The molecule has 10 nitrogen and oxygen atoms in total. The van der Waals surface area contributed by atoms with Crippen LogP contribution in [0.15, 0.2) is 0 Å². The Morgan fingerprint density at radius 1 is 1.15 bits per heavy atom. The molecule has 0 aromatic carbocycles. The highest BCUT2D eigenvalue weighted by atomic mass is 16.5. The highest BCUT2D eigenvalue weighted by molar-refractivity contribution is 6.08. The van der Waals surface area contributed by atoms with E-state index in [1.54, 1.807) is 11.9 Å². The van der Waals surface area contributed by atoms with Crippen molar-refractivity contribution in [2.24, 2.45) is 0 Å². The number of nitrogens with one attached hydrogen (secondary N) is 3. The molecule has 3 rings (SSSR count). The second-order valence-electron chi connectivity index (χ2n) is 7.55. The Hall–Kier alpha value is -2.20. The first kappa shape index (κ1) is 19.6. The molecule has 1 aliphatic carbocycles. The maximum atomic E-state index is 12.6. The number of morpholine rings is 1. The number of imide groups is 1. The van der Waals surface area contributed by atoms with Crippen LogP contribution in [0.5, 0.6) is 0 Å². The molecule has 2 heterocycles. The average molecular weight is 382 g/mol. The summed E-state index contributed by atoms with van der Waals surface area (Å²) in [7, 11) is 1.73. The molecule has 0 bridgehead atoms. The molecule has 0 radical (unpaired) electrons. The zero-order valence-corrected chi connectivity index (χ0v) is 15.7. The number of amides is 5. The van der Waals surface area contributed by atoms with Gasteiger partial charge in [-0.1, -0.05) is 19.3 Å². The summed E-state index contributed by atoms with van der Waals surface area (Å²) in [6.45, 7) is 2.32. The third kappa shape index (κ3) is 4.38. The van der Waals surface area contributed by atoms with Gasteiger partial charge in [-0.3, -0.25) is 19.8 Å². The van der Waals surface area contributed by atoms with Crippen LogP contribution in [0.3, 0.4) is 0 Å². The van der Waals surface area contributed by atoms with E-state index in [0.717, 1.165) is 24.3 Å². The molecule has 1 saturated carbocycles. The van der Waals surface area contributed by atoms with E-state index >= 15 is 0 Å². The number of quaternary nitrogens is 1. The minimum Gasteiger partial charge on any atom is -0.378 e. The van der Waals surface area contributed by atoms with Crippen molar-refractivity contribution in [1.82, 2.24) is 20.7 Å². The number of ether oxygens (including phenoxy) is 1. The van der Waals surface area contributed by atoms with Crippen molar-refractivity contribution in [3.05, 3.63) is 0 Å². The van der Waals surface area contributed by atoms with E-state index in [9.17, 15) is 19.2 Å². The van der Waals surface area contributed by atoms with Crippen LogP contribution in [0.4, 0.5) is 4.79 Å². The van der Waals surface area contributed by atoms with E-state index in [1.165, 1.54) is 0 Å². The maximum absolute atomic E-state index is 12.6. The lowest BCUT2D eigenvalue weighted by Crippen LogP contribution is -3.11. The molecule has 27 heavy (non-hydrogen) atoms. The molecule has 3 fully saturated rings. The van der Waals surface area contributed by atoms with Crippen molar-refractivity contribution >= 4 is 23.8 Å². The van der Waals surface area contributed by atoms with Gasteiger partial charge in [0.15, 0.2) is 13.1 Å². The van der Waals surface area contributed by atoms with E-state index in [0.29, 0.717) is 44.0 Å². The molecule has 2 saturated heterocycles. The van der Waals surface area contributed by atoms with Crippen LogP contribution in [0.1, 0.15) is 32.1 Å². The monoisotopic (exact) mass is 382 g/mol. The first-order valence-corrected chi connectivity index (χ1v) is 9.54. The van der Waals surface area contributed by atoms with E-state index in [4.69, 9.17) is 4.74 Å². The summed E-state index contributed by atoms with van der Waals surface area (Å²) in [6.07, 6.45) is 4.00. The minimum atomic E-state index is -0.867. The van der Waals surface area contributed by atoms with Gasteiger partial charge >= 0.3 is 6.03 Å². The van der Waals surface area contributed by atoms with Crippen LogP contribution in [0.2, 0.25) is 0 Å². The van der Waals surface area contributed by atoms with Crippen molar-refractivity contribution < 1.29 is 28.8 Å². The zero-order valence-electron chi connectivity index (χ0n) is 15.7. The van der Waals surface area contributed by atoms with Gasteiger partial charge in [-0.15, -0.1) is 0 Å².